The minimum Gasteiger partial charge on any atom is -0.381 e. The van der Waals surface area contributed by atoms with E-state index in [0.29, 0.717) is 25.1 Å². The van der Waals surface area contributed by atoms with Crippen molar-refractivity contribution in [3.63, 3.8) is 0 Å². The van der Waals surface area contributed by atoms with E-state index in [9.17, 15) is 8.42 Å². The van der Waals surface area contributed by atoms with Gasteiger partial charge in [0.2, 0.25) is 10.0 Å². The Hall–Kier alpha value is -0.170. The van der Waals surface area contributed by atoms with Crippen molar-refractivity contribution in [1.82, 2.24) is 9.62 Å². The number of nitrogens with one attached hydrogen (secondary N) is 1. The SMILES string of the molecule is CN(CC1CCCOC1)S(=O)(=O)CCCCNC1CC1. The lowest BCUT2D eigenvalue weighted by Gasteiger charge is -2.26. The molecule has 1 saturated heterocycles. The predicted octanol–water partition coefficient (Wildman–Crippen LogP) is 1.21. The second kappa shape index (κ2) is 7.73. The van der Waals surface area contributed by atoms with Gasteiger partial charge in [-0.2, -0.15) is 0 Å². The van der Waals surface area contributed by atoms with Crippen LogP contribution in [0.3, 0.4) is 0 Å². The Morgan fingerprint density at radius 3 is 2.70 bits per heavy atom. The van der Waals surface area contributed by atoms with E-state index in [1.165, 1.54) is 17.1 Å². The molecule has 2 rings (SSSR count). The maximum absolute atomic E-state index is 12.2. The van der Waals surface area contributed by atoms with Crippen LogP contribution in [-0.4, -0.2) is 57.9 Å². The molecule has 5 nitrogen and oxygen atoms in total. The van der Waals surface area contributed by atoms with Crippen LogP contribution in [0.1, 0.15) is 38.5 Å². The molecule has 0 amide bonds. The summed E-state index contributed by atoms with van der Waals surface area (Å²) in [6, 6.07) is 0.709. The highest BCUT2D eigenvalue weighted by molar-refractivity contribution is 7.89. The van der Waals surface area contributed by atoms with Crippen LogP contribution in [-0.2, 0) is 14.8 Å². The fourth-order valence-corrected chi connectivity index (χ4v) is 3.91. The number of hydrogen-bond acceptors (Lipinski definition) is 4. The first-order valence-corrected chi connectivity index (χ1v) is 9.44. The van der Waals surface area contributed by atoms with Crippen LogP contribution in [0.5, 0.6) is 0 Å². The molecule has 2 aliphatic rings. The summed E-state index contributed by atoms with van der Waals surface area (Å²) in [7, 11) is -1.39. The Balaban J connectivity index is 1.62. The lowest BCUT2D eigenvalue weighted by atomic mass is 10.0. The predicted molar refractivity (Wildman–Crippen MR) is 80.2 cm³/mol. The third kappa shape index (κ3) is 5.68. The van der Waals surface area contributed by atoms with Gasteiger partial charge >= 0.3 is 0 Å². The van der Waals surface area contributed by atoms with E-state index < -0.39 is 10.0 Å². The third-order valence-electron chi connectivity index (χ3n) is 4.08. The number of nitrogens with zero attached hydrogens (tertiary/aromatic N) is 1. The highest BCUT2D eigenvalue weighted by Crippen LogP contribution is 2.18. The van der Waals surface area contributed by atoms with Gasteiger partial charge in [0.25, 0.3) is 0 Å². The fraction of sp³-hybridized carbons (Fsp3) is 1.00. The Labute approximate surface area is 123 Å². The van der Waals surface area contributed by atoms with E-state index in [2.05, 4.69) is 5.32 Å². The number of unbranched alkanes of at least 4 members (excludes halogenated alkanes) is 1. The first-order chi connectivity index (χ1) is 9.58. The van der Waals surface area contributed by atoms with Gasteiger partial charge in [0.1, 0.15) is 0 Å². The fourth-order valence-electron chi connectivity index (χ4n) is 2.59. The van der Waals surface area contributed by atoms with Crippen molar-refractivity contribution in [3.8, 4) is 0 Å². The molecule has 0 spiro atoms. The van der Waals surface area contributed by atoms with Crippen molar-refractivity contribution in [2.75, 3.05) is 39.1 Å². The molecule has 1 aliphatic carbocycles. The monoisotopic (exact) mass is 304 g/mol. The first-order valence-electron chi connectivity index (χ1n) is 7.83. The number of rotatable bonds is 9. The van der Waals surface area contributed by atoms with Crippen LogP contribution in [0.25, 0.3) is 0 Å². The van der Waals surface area contributed by atoms with Crippen molar-refractivity contribution in [1.29, 1.82) is 0 Å². The van der Waals surface area contributed by atoms with Crippen molar-refractivity contribution >= 4 is 10.0 Å². The van der Waals surface area contributed by atoms with Crippen LogP contribution in [0.15, 0.2) is 0 Å². The quantitative estimate of drug-likeness (QED) is 0.651. The van der Waals surface area contributed by atoms with Gasteiger partial charge in [0.05, 0.1) is 12.4 Å². The summed E-state index contributed by atoms with van der Waals surface area (Å²) >= 11 is 0. The Bertz CT molecular complexity index is 376. The number of ether oxygens (including phenoxy) is 1. The van der Waals surface area contributed by atoms with Crippen molar-refractivity contribution in [2.24, 2.45) is 5.92 Å². The second-order valence-electron chi connectivity index (χ2n) is 6.12. The molecule has 118 valence electrons. The largest absolute Gasteiger partial charge is 0.381 e. The topological polar surface area (TPSA) is 58.6 Å². The molecular formula is C14H28N2O3S. The lowest BCUT2D eigenvalue weighted by Crippen LogP contribution is -2.36. The molecule has 0 bridgehead atoms. The Kier molecular flexibility index (Phi) is 6.26. The highest BCUT2D eigenvalue weighted by atomic mass is 32.2. The van der Waals surface area contributed by atoms with E-state index in [1.54, 1.807) is 7.05 Å². The molecule has 0 aromatic rings. The maximum atomic E-state index is 12.2. The van der Waals surface area contributed by atoms with Gasteiger partial charge in [0, 0.05) is 26.2 Å². The van der Waals surface area contributed by atoms with Crippen LogP contribution >= 0.6 is 0 Å². The van der Waals surface area contributed by atoms with Crippen LogP contribution < -0.4 is 5.32 Å². The van der Waals surface area contributed by atoms with Crippen molar-refractivity contribution < 1.29 is 13.2 Å². The molecule has 6 heteroatoms. The maximum Gasteiger partial charge on any atom is 0.213 e. The van der Waals surface area contributed by atoms with Gasteiger partial charge in [-0.1, -0.05) is 0 Å². The summed E-state index contributed by atoms with van der Waals surface area (Å²) in [5.74, 6) is 0.628. The Morgan fingerprint density at radius 2 is 2.05 bits per heavy atom. The van der Waals surface area contributed by atoms with Gasteiger partial charge in [-0.15, -0.1) is 0 Å². The molecule has 2 fully saturated rings. The zero-order chi connectivity index (χ0) is 14.4. The van der Waals surface area contributed by atoms with Crippen LogP contribution in [0, 0.1) is 5.92 Å². The zero-order valence-corrected chi connectivity index (χ0v) is 13.3. The smallest absolute Gasteiger partial charge is 0.213 e. The minimum absolute atomic E-state index is 0.267. The van der Waals surface area contributed by atoms with Crippen molar-refractivity contribution in [2.45, 2.75) is 44.6 Å². The summed E-state index contributed by atoms with van der Waals surface area (Å²) in [4.78, 5) is 0. The molecule has 0 radical (unpaired) electrons. The van der Waals surface area contributed by atoms with E-state index in [4.69, 9.17) is 4.74 Å². The molecule has 1 N–H and O–H groups in total. The zero-order valence-electron chi connectivity index (χ0n) is 12.5. The molecule has 20 heavy (non-hydrogen) atoms. The van der Waals surface area contributed by atoms with E-state index in [-0.39, 0.29) is 5.75 Å². The van der Waals surface area contributed by atoms with Crippen molar-refractivity contribution in [3.05, 3.63) is 0 Å². The van der Waals surface area contributed by atoms with E-state index in [0.717, 1.165) is 38.8 Å². The molecule has 1 unspecified atom stereocenters. The van der Waals surface area contributed by atoms with Gasteiger partial charge in [0.15, 0.2) is 0 Å². The number of hydrogen-bond donors (Lipinski definition) is 1. The van der Waals surface area contributed by atoms with E-state index >= 15 is 0 Å². The average molecular weight is 304 g/mol. The standard InChI is InChI=1S/C14H28N2O3S/c1-16(11-13-5-4-9-19-12-13)20(17,18)10-3-2-8-15-14-6-7-14/h13-15H,2-12H2,1H3. The number of sulfonamides is 1. The van der Waals surface area contributed by atoms with Gasteiger partial charge in [-0.25, -0.2) is 12.7 Å². The average Bonchev–Trinajstić information content (AvgIpc) is 3.23. The second-order valence-corrected chi connectivity index (χ2v) is 8.31. The molecule has 1 saturated carbocycles. The molecule has 1 aliphatic heterocycles. The summed E-state index contributed by atoms with van der Waals surface area (Å²) < 4.78 is 31.3. The molecule has 0 aromatic carbocycles. The van der Waals surface area contributed by atoms with Gasteiger partial charge < -0.3 is 10.1 Å². The molecular weight excluding hydrogens is 276 g/mol. The molecule has 1 atom stereocenters. The van der Waals surface area contributed by atoms with Crippen LogP contribution in [0.2, 0.25) is 0 Å². The summed E-state index contributed by atoms with van der Waals surface area (Å²) in [6.07, 6.45) is 6.37. The lowest BCUT2D eigenvalue weighted by molar-refractivity contribution is 0.0495. The normalized spacial score (nSPS) is 24.2. The Morgan fingerprint density at radius 1 is 1.25 bits per heavy atom. The summed E-state index contributed by atoms with van der Waals surface area (Å²) in [5, 5.41) is 3.41. The highest BCUT2D eigenvalue weighted by Gasteiger charge is 2.23. The first kappa shape index (κ1) is 16.2. The summed E-state index contributed by atoms with van der Waals surface area (Å²) in [5.41, 5.74) is 0. The van der Waals surface area contributed by atoms with E-state index in [1.807, 2.05) is 0 Å². The summed E-state index contributed by atoms with van der Waals surface area (Å²) in [6.45, 7) is 3.06. The molecule has 0 aromatic heterocycles. The van der Waals surface area contributed by atoms with Crippen LogP contribution in [0.4, 0.5) is 0 Å². The van der Waals surface area contributed by atoms with Gasteiger partial charge in [-0.05, 0) is 51.0 Å². The van der Waals surface area contributed by atoms with Gasteiger partial charge in [-0.3, -0.25) is 0 Å². The minimum atomic E-state index is -3.09. The third-order valence-corrected chi connectivity index (χ3v) is 5.99. The molecule has 1 heterocycles.